The molecule has 1 aliphatic heterocycles. The lowest BCUT2D eigenvalue weighted by Gasteiger charge is -2.23. The number of esters is 1. The van der Waals surface area contributed by atoms with Gasteiger partial charge in [-0.25, -0.2) is 4.79 Å². The maximum absolute atomic E-state index is 12.4. The highest BCUT2D eigenvalue weighted by Crippen LogP contribution is 2.17. The molecule has 4 N–H and O–H groups in total. The lowest BCUT2D eigenvalue weighted by Crippen LogP contribution is -2.51. The van der Waals surface area contributed by atoms with E-state index >= 15 is 0 Å². The number of aromatic hydroxyl groups is 1. The van der Waals surface area contributed by atoms with Gasteiger partial charge in [0, 0.05) is 13.0 Å². The summed E-state index contributed by atoms with van der Waals surface area (Å²) in [4.78, 5) is 50.1. The Morgan fingerprint density at radius 2 is 1.93 bits per heavy atom. The van der Waals surface area contributed by atoms with Crippen LogP contribution in [0.3, 0.4) is 0 Å². The van der Waals surface area contributed by atoms with Crippen molar-refractivity contribution in [3.8, 4) is 5.75 Å². The van der Waals surface area contributed by atoms with E-state index in [9.17, 15) is 24.3 Å². The van der Waals surface area contributed by atoms with Gasteiger partial charge < -0.3 is 25.4 Å². The summed E-state index contributed by atoms with van der Waals surface area (Å²) in [5, 5.41) is 21.8. The van der Waals surface area contributed by atoms with Crippen LogP contribution in [-0.2, 0) is 30.3 Å². The zero-order valence-electron chi connectivity index (χ0n) is 16.9. The van der Waals surface area contributed by atoms with Crippen LogP contribution in [0.1, 0.15) is 25.3 Å². The minimum atomic E-state index is -0.964. The molecule has 0 saturated carbocycles. The van der Waals surface area contributed by atoms with Crippen LogP contribution in [0.4, 0.5) is 0 Å². The van der Waals surface area contributed by atoms with Crippen molar-refractivity contribution in [3.05, 3.63) is 29.8 Å². The van der Waals surface area contributed by atoms with Crippen LogP contribution < -0.4 is 10.6 Å². The minimum absolute atomic E-state index is 0.0813. The third-order valence-corrected chi connectivity index (χ3v) is 4.76. The maximum Gasteiger partial charge on any atom is 0.328 e. The molecule has 0 aromatic heterocycles. The van der Waals surface area contributed by atoms with E-state index in [-0.39, 0.29) is 24.4 Å². The van der Waals surface area contributed by atoms with Crippen LogP contribution >= 0.6 is 0 Å². The Morgan fingerprint density at radius 1 is 1.27 bits per heavy atom. The molecule has 162 valence electrons. The summed E-state index contributed by atoms with van der Waals surface area (Å²) in [7, 11) is 1.21. The Labute approximate surface area is 174 Å². The molecule has 2 atom stereocenters. The molecule has 0 radical (unpaired) electrons. The number of amides is 3. The van der Waals surface area contributed by atoms with Crippen LogP contribution in [0.15, 0.2) is 24.3 Å². The predicted octanol–water partition coefficient (Wildman–Crippen LogP) is -0.261. The minimum Gasteiger partial charge on any atom is -0.508 e. The topological polar surface area (TPSA) is 149 Å². The number of carbonyl (C=O) groups excluding carboxylic acids is 4. The number of phenolic OH excluding ortho intramolecular Hbond substituents is 1. The molecule has 1 aromatic rings. The number of nitrogens with one attached hydrogen (secondary N) is 3. The number of hydrogen-bond donors (Lipinski definition) is 4. The number of hydrogen-bond acceptors (Lipinski definition) is 7. The zero-order chi connectivity index (χ0) is 22.3. The van der Waals surface area contributed by atoms with Gasteiger partial charge in [-0.1, -0.05) is 12.1 Å². The number of rotatable bonds is 8. The summed E-state index contributed by atoms with van der Waals surface area (Å²) >= 11 is 0. The van der Waals surface area contributed by atoms with E-state index < -0.39 is 35.8 Å². The lowest BCUT2D eigenvalue weighted by molar-refractivity contribution is -0.145. The van der Waals surface area contributed by atoms with Crippen molar-refractivity contribution in [2.75, 3.05) is 20.2 Å². The van der Waals surface area contributed by atoms with Gasteiger partial charge in [-0.05, 0) is 37.5 Å². The third-order valence-electron chi connectivity index (χ3n) is 4.76. The fourth-order valence-corrected chi connectivity index (χ4v) is 3.23. The van der Waals surface area contributed by atoms with Crippen molar-refractivity contribution < 1.29 is 29.0 Å². The maximum atomic E-state index is 12.4. The first-order valence-electron chi connectivity index (χ1n) is 9.52. The van der Waals surface area contributed by atoms with E-state index in [2.05, 4.69) is 10.6 Å². The second kappa shape index (κ2) is 10.4. The number of ether oxygens (including phenoxy) is 1. The second-order valence-electron chi connectivity index (χ2n) is 7.01. The Balaban J connectivity index is 1.92. The van der Waals surface area contributed by atoms with E-state index in [1.54, 1.807) is 12.1 Å². The van der Waals surface area contributed by atoms with Gasteiger partial charge in [-0.2, -0.15) is 0 Å². The van der Waals surface area contributed by atoms with Gasteiger partial charge in [0.1, 0.15) is 17.8 Å². The van der Waals surface area contributed by atoms with Gasteiger partial charge >= 0.3 is 5.97 Å². The molecule has 3 amide bonds. The molecule has 2 rings (SSSR count). The number of likely N-dealkylation sites (tertiary alicyclic amines) is 1. The SMILES string of the molecule is COC(=O)[C@H](Cc1ccc(O)cc1)NC(=O)CNC(=O)[C@@H]1CCCN1C(=O)C(C)=N. The first kappa shape index (κ1) is 22.9. The molecule has 1 aliphatic rings. The van der Waals surface area contributed by atoms with Gasteiger partial charge in [-0.15, -0.1) is 0 Å². The van der Waals surface area contributed by atoms with Gasteiger partial charge in [0.15, 0.2) is 0 Å². The molecule has 1 aromatic carbocycles. The number of methoxy groups -OCH3 is 1. The summed E-state index contributed by atoms with van der Waals surface area (Å²) in [6.07, 6.45) is 1.24. The van der Waals surface area contributed by atoms with Crippen molar-refractivity contribution in [1.82, 2.24) is 15.5 Å². The van der Waals surface area contributed by atoms with E-state index in [1.807, 2.05) is 0 Å². The fraction of sp³-hybridized carbons (Fsp3) is 0.450. The van der Waals surface area contributed by atoms with E-state index in [1.165, 1.54) is 31.1 Å². The molecule has 10 heteroatoms. The van der Waals surface area contributed by atoms with E-state index in [0.717, 1.165) is 0 Å². The first-order valence-corrected chi connectivity index (χ1v) is 9.52. The van der Waals surface area contributed by atoms with Gasteiger partial charge in [-0.3, -0.25) is 19.8 Å². The zero-order valence-corrected chi connectivity index (χ0v) is 16.9. The predicted molar refractivity (Wildman–Crippen MR) is 107 cm³/mol. The molecular weight excluding hydrogens is 392 g/mol. The molecular formula is C20H26N4O6. The molecule has 1 heterocycles. The smallest absolute Gasteiger partial charge is 0.328 e. The van der Waals surface area contributed by atoms with Gasteiger partial charge in [0.05, 0.1) is 19.4 Å². The highest BCUT2D eigenvalue weighted by molar-refractivity contribution is 6.36. The van der Waals surface area contributed by atoms with E-state index in [4.69, 9.17) is 10.1 Å². The summed E-state index contributed by atoms with van der Waals surface area (Å²) in [5.74, 6) is -2.13. The average Bonchev–Trinajstić information content (AvgIpc) is 3.21. The van der Waals surface area contributed by atoms with Crippen LogP contribution in [0.2, 0.25) is 0 Å². The average molecular weight is 418 g/mol. The molecule has 1 saturated heterocycles. The van der Waals surface area contributed by atoms with Crippen molar-refractivity contribution in [1.29, 1.82) is 5.41 Å². The Kier molecular flexibility index (Phi) is 7.90. The lowest BCUT2D eigenvalue weighted by atomic mass is 10.1. The molecule has 1 fully saturated rings. The molecule has 0 aliphatic carbocycles. The van der Waals surface area contributed by atoms with Crippen LogP contribution in [0, 0.1) is 5.41 Å². The van der Waals surface area contributed by atoms with Crippen LogP contribution in [-0.4, -0.2) is 71.7 Å². The third kappa shape index (κ3) is 6.03. The Bertz CT molecular complexity index is 823. The van der Waals surface area contributed by atoms with Crippen molar-refractivity contribution in [2.24, 2.45) is 0 Å². The van der Waals surface area contributed by atoms with Crippen molar-refractivity contribution >= 4 is 29.4 Å². The largest absolute Gasteiger partial charge is 0.508 e. The highest BCUT2D eigenvalue weighted by Gasteiger charge is 2.34. The van der Waals surface area contributed by atoms with Crippen LogP contribution in [0.5, 0.6) is 5.75 Å². The Hall–Kier alpha value is -3.43. The summed E-state index contributed by atoms with van der Waals surface area (Å²) in [6, 6.07) is 4.49. The number of benzene rings is 1. The monoisotopic (exact) mass is 418 g/mol. The number of nitrogens with zero attached hydrogens (tertiary/aromatic N) is 1. The molecule has 0 unspecified atom stereocenters. The number of carbonyl (C=O) groups is 4. The second-order valence-corrected chi connectivity index (χ2v) is 7.01. The van der Waals surface area contributed by atoms with E-state index in [0.29, 0.717) is 24.9 Å². The Morgan fingerprint density at radius 3 is 2.53 bits per heavy atom. The first-order chi connectivity index (χ1) is 14.2. The van der Waals surface area contributed by atoms with Crippen LogP contribution in [0.25, 0.3) is 0 Å². The molecule has 30 heavy (non-hydrogen) atoms. The summed E-state index contributed by atoms with van der Waals surface area (Å²) in [6.45, 7) is 1.38. The molecule has 0 bridgehead atoms. The number of phenols is 1. The van der Waals surface area contributed by atoms with Crippen molar-refractivity contribution in [2.45, 2.75) is 38.3 Å². The quantitative estimate of drug-likeness (QED) is 0.338. The fourth-order valence-electron chi connectivity index (χ4n) is 3.23. The molecule has 10 nitrogen and oxygen atoms in total. The summed E-state index contributed by atoms with van der Waals surface area (Å²) < 4.78 is 4.72. The summed E-state index contributed by atoms with van der Waals surface area (Å²) in [5.41, 5.74) is 0.553. The van der Waals surface area contributed by atoms with Gasteiger partial charge in [0.25, 0.3) is 5.91 Å². The van der Waals surface area contributed by atoms with Gasteiger partial charge in [0.2, 0.25) is 11.8 Å². The molecule has 0 spiro atoms. The highest BCUT2D eigenvalue weighted by atomic mass is 16.5. The normalized spacial score (nSPS) is 16.5. The standard InChI is InChI=1S/C20H26N4O6/c1-12(21)19(28)24-9-3-4-16(24)18(27)22-11-17(26)23-15(20(29)30-2)10-13-5-7-14(25)8-6-13/h5-8,15-16,21,25H,3-4,9-11H2,1-2H3,(H,22,27)(H,23,26)/t15-,16-/m0/s1. The van der Waals surface area contributed by atoms with Crippen molar-refractivity contribution in [3.63, 3.8) is 0 Å².